The molecule has 1 aliphatic rings. The van der Waals surface area contributed by atoms with E-state index in [-0.39, 0.29) is 5.54 Å². The quantitative estimate of drug-likeness (QED) is 0.378. The smallest absolute Gasteiger partial charge is 0.119 e. The summed E-state index contributed by atoms with van der Waals surface area (Å²) in [5.41, 5.74) is 3.08. The van der Waals surface area contributed by atoms with Crippen molar-refractivity contribution in [2.75, 3.05) is 19.8 Å². The van der Waals surface area contributed by atoms with Crippen molar-refractivity contribution in [1.82, 2.24) is 9.80 Å². The Morgan fingerprint density at radius 1 is 1.38 bits per heavy atom. The summed E-state index contributed by atoms with van der Waals surface area (Å²) < 4.78 is 6.15. The summed E-state index contributed by atoms with van der Waals surface area (Å²) in [7, 11) is 0. The Morgan fingerprint density at radius 2 is 1.96 bits per heavy atom. The van der Waals surface area contributed by atoms with E-state index >= 15 is 0 Å². The van der Waals surface area contributed by atoms with Crippen molar-refractivity contribution < 1.29 is 4.74 Å². The predicted octanol–water partition coefficient (Wildman–Crippen LogP) is 4.22. The molecule has 1 fully saturated rings. The zero-order valence-electron chi connectivity index (χ0n) is 16.6. The summed E-state index contributed by atoms with van der Waals surface area (Å²) in [6, 6.07) is 0.297. The standard InChI is InChI=1S/C20H35N3O/c1-10-18(21-9)19(11-15(2)3)23(16(4)5)14-24-17-12-22(13-17)20(6,7)8/h10-11,16-17H,2,9,12-14H2,1,3-8H3/b18-10+,19-11+. The van der Waals surface area contributed by atoms with Gasteiger partial charge in [-0.05, 0) is 61.3 Å². The Kier molecular flexibility index (Phi) is 7.43. The van der Waals surface area contributed by atoms with Gasteiger partial charge in [-0.3, -0.25) is 9.89 Å². The van der Waals surface area contributed by atoms with Crippen molar-refractivity contribution in [3.05, 3.63) is 35.7 Å². The molecule has 0 radical (unpaired) electrons. The maximum absolute atomic E-state index is 6.15. The van der Waals surface area contributed by atoms with Gasteiger partial charge in [0.1, 0.15) is 6.73 Å². The molecule has 0 aromatic rings. The highest BCUT2D eigenvalue weighted by Crippen LogP contribution is 2.25. The molecular weight excluding hydrogens is 298 g/mol. The molecule has 1 heterocycles. The van der Waals surface area contributed by atoms with Crippen LogP contribution in [-0.4, -0.2) is 54.0 Å². The van der Waals surface area contributed by atoms with Gasteiger partial charge in [0.15, 0.2) is 0 Å². The fourth-order valence-electron chi connectivity index (χ4n) is 2.63. The van der Waals surface area contributed by atoms with Crippen LogP contribution in [0.3, 0.4) is 0 Å². The van der Waals surface area contributed by atoms with E-state index in [9.17, 15) is 0 Å². The first-order chi connectivity index (χ1) is 11.1. The molecule has 4 heteroatoms. The van der Waals surface area contributed by atoms with Crippen molar-refractivity contribution in [3.63, 3.8) is 0 Å². The summed E-state index contributed by atoms with van der Waals surface area (Å²) in [5, 5.41) is 0. The molecule has 0 N–H and O–H groups in total. The van der Waals surface area contributed by atoms with Crippen LogP contribution >= 0.6 is 0 Å². The minimum absolute atomic E-state index is 0.216. The van der Waals surface area contributed by atoms with E-state index in [1.54, 1.807) is 0 Å². The lowest BCUT2D eigenvalue weighted by Crippen LogP contribution is -2.60. The molecule has 0 amide bonds. The fraction of sp³-hybridized carbons (Fsp3) is 0.650. The summed E-state index contributed by atoms with van der Waals surface area (Å²) in [5.74, 6) is 0. The molecule has 1 aliphatic heterocycles. The van der Waals surface area contributed by atoms with Crippen molar-refractivity contribution in [3.8, 4) is 0 Å². The van der Waals surface area contributed by atoms with Gasteiger partial charge in [-0.1, -0.05) is 18.2 Å². The second kappa shape index (κ2) is 8.63. The first kappa shape index (κ1) is 20.7. The average molecular weight is 334 g/mol. The van der Waals surface area contributed by atoms with Gasteiger partial charge in [0.25, 0.3) is 0 Å². The molecule has 136 valence electrons. The third-order valence-electron chi connectivity index (χ3n) is 4.27. The van der Waals surface area contributed by atoms with E-state index < -0.39 is 0 Å². The molecule has 1 rings (SSSR count). The van der Waals surface area contributed by atoms with Gasteiger partial charge in [-0.2, -0.15) is 0 Å². The van der Waals surface area contributed by atoms with Crippen LogP contribution in [0.4, 0.5) is 0 Å². The molecule has 4 nitrogen and oxygen atoms in total. The van der Waals surface area contributed by atoms with Gasteiger partial charge in [0.2, 0.25) is 0 Å². The van der Waals surface area contributed by atoms with Crippen LogP contribution in [0.2, 0.25) is 0 Å². The molecule has 0 unspecified atom stereocenters. The van der Waals surface area contributed by atoms with E-state index in [0.29, 0.717) is 18.9 Å². The van der Waals surface area contributed by atoms with Crippen molar-refractivity contribution >= 4 is 6.72 Å². The average Bonchev–Trinajstić information content (AvgIpc) is 2.39. The van der Waals surface area contributed by atoms with Gasteiger partial charge in [0, 0.05) is 24.7 Å². The molecular formula is C20H35N3O. The van der Waals surface area contributed by atoms with Crippen LogP contribution in [0.15, 0.2) is 40.7 Å². The molecule has 0 saturated carbocycles. The largest absolute Gasteiger partial charge is 0.355 e. The van der Waals surface area contributed by atoms with Crippen LogP contribution < -0.4 is 0 Å². The number of nitrogens with zero attached hydrogens (tertiary/aromatic N) is 3. The number of ether oxygens (including phenoxy) is 1. The molecule has 0 bridgehead atoms. The summed E-state index contributed by atoms with van der Waals surface area (Å²) in [4.78, 5) is 8.82. The monoisotopic (exact) mass is 333 g/mol. The highest BCUT2D eigenvalue weighted by Gasteiger charge is 2.35. The van der Waals surface area contributed by atoms with Gasteiger partial charge in [-0.25, -0.2) is 0 Å². The minimum Gasteiger partial charge on any atom is -0.355 e. The van der Waals surface area contributed by atoms with Gasteiger partial charge in [0.05, 0.1) is 17.5 Å². The lowest BCUT2D eigenvalue weighted by atomic mass is 9.99. The topological polar surface area (TPSA) is 28.1 Å². The normalized spacial score (nSPS) is 17.8. The molecule has 0 aliphatic carbocycles. The highest BCUT2D eigenvalue weighted by atomic mass is 16.5. The Balaban J connectivity index is 2.79. The van der Waals surface area contributed by atoms with Crippen LogP contribution in [0.1, 0.15) is 48.5 Å². The van der Waals surface area contributed by atoms with E-state index in [4.69, 9.17) is 4.74 Å². The Morgan fingerprint density at radius 3 is 2.33 bits per heavy atom. The lowest BCUT2D eigenvalue weighted by Gasteiger charge is -2.48. The SMILES string of the molecule is C=NC(=C/C)/C(=C\C(=C)C)N(COC1CN(C(C)(C)C)C1)C(C)C. The third kappa shape index (κ3) is 5.60. The van der Waals surface area contributed by atoms with E-state index in [0.717, 1.165) is 30.1 Å². The van der Waals surface area contributed by atoms with E-state index in [1.807, 2.05) is 19.9 Å². The maximum Gasteiger partial charge on any atom is 0.119 e. The van der Waals surface area contributed by atoms with Gasteiger partial charge >= 0.3 is 0 Å². The molecule has 24 heavy (non-hydrogen) atoms. The van der Waals surface area contributed by atoms with E-state index in [1.165, 1.54) is 0 Å². The number of hydrogen-bond acceptors (Lipinski definition) is 4. The third-order valence-corrected chi connectivity index (χ3v) is 4.27. The first-order valence-electron chi connectivity index (χ1n) is 8.74. The molecule has 1 saturated heterocycles. The lowest BCUT2D eigenvalue weighted by molar-refractivity contribution is -0.115. The maximum atomic E-state index is 6.15. The number of hydrogen-bond donors (Lipinski definition) is 0. The minimum atomic E-state index is 0.216. The predicted molar refractivity (Wildman–Crippen MR) is 104 cm³/mol. The molecule has 0 aromatic carbocycles. The zero-order valence-corrected chi connectivity index (χ0v) is 16.6. The van der Waals surface area contributed by atoms with Crippen LogP contribution in [0.5, 0.6) is 0 Å². The Labute approximate surface area is 148 Å². The van der Waals surface area contributed by atoms with Crippen LogP contribution in [-0.2, 0) is 4.74 Å². The van der Waals surface area contributed by atoms with Crippen LogP contribution in [0.25, 0.3) is 0 Å². The zero-order chi connectivity index (χ0) is 18.5. The number of likely N-dealkylation sites (tertiary alicyclic amines) is 1. The second-order valence-corrected chi connectivity index (χ2v) is 7.77. The number of rotatable bonds is 8. The number of aliphatic imine (C=N–C) groups is 1. The summed E-state index contributed by atoms with van der Waals surface area (Å²) in [6.07, 6.45) is 4.32. The van der Waals surface area contributed by atoms with Crippen molar-refractivity contribution in [1.29, 1.82) is 0 Å². The molecule has 0 aromatic heterocycles. The van der Waals surface area contributed by atoms with E-state index in [2.05, 4.69) is 68.8 Å². The van der Waals surface area contributed by atoms with Crippen molar-refractivity contribution in [2.24, 2.45) is 4.99 Å². The van der Waals surface area contributed by atoms with Gasteiger partial charge in [-0.15, -0.1) is 0 Å². The number of allylic oxidation sites excluding steroid dienone is 3. The highest BCUT2D eigenvalue weighted by molar-refractivity contribution is 5.40. The first-order valence-corrected chi connectivity index (χ1v) is 8.74. The summed E-state index contributed by atoms with van der Waals surface area (Å²) >= 11 is 0. The van der Waals surface area contributed by atoms with Crippen LogP contribution in [0, 0.1) is 0 Å². The van der Waals surface area contributed by atoms with Gasteiger partial charge < -0.3 is 9.64 Å². The Hall–Kier alpha value is -1.39. The fourth-order valence-corrected chi connectivity index (χ4v) is 2.63. The molecule has 0 spiro atoms. The Bertz CT molecular complexity index is 505. The summed E-state index contributed by atoms with van der Waals surface area (Å²) in [6.45, 7) is 25.2. The second-order valence-electron chi connectivity index (χ2n) is 7.77. The molecule has 0 atom stereocenters. The van der Waals surface area contributed by atoms with Crippen molar-refractivity contribution in [2.45, 2.75) is 66.2 Å².